The van der Waals surface area contributed by atoms with E-state index in [0.717, 1.165) is 49.4 Å². The third kappa shape index (κ3) is 4.83. The van der Waals surface area contributed by atoms with Gasteiger partial charge in [-0.05, 0) is 59.8 Å². The van der Waals surface area contributed by atoms with E-state index in [-0.39, 0.29) is 5.91 Å². The fourth-order valence-corrected chi connectivity index (χ4v) is 4.73. The van der Waals surface area contributed by atoms with Crippen LogP contribution in [-0.4, -0.2) is 55.0 Å². The average Bonchev–Trinajstić information content (AvgIpc) is 3.23. The Balaban J connectivity index is 1.52. The van der Waals surface area contributed by atoms with E-state index < -0.39 is 5.41 Å². The highest BCUT2D eigenvalue weighted by molar-refractivity contribution is 5.83. The number of carbonyl (C=O) groups is 1. The van der Waals surface area contributed by atoms with Crippen LogP contribution in [0.5, 0.6) is 5.75 Å². The zero-order chi connectivity index (χ0) is 22.6. The molecule has 1 saturated heterocycles. The van der Waals surface area contributed by atoms with E-state index in [1.807, 2.05) is 38.5 Å². The molecular formula is C27H31N3O2. The molecule has 1 aliphatic heterocycles. The molecular weight excluding hydrogens is 398 g/mol. The summed E-state index contributed by atoms with van der Waals surface area (Å²) in [5.41, 5.74) is 4.23. The Morgan fingerprint density at radius 3 is 2.56 bits per heavy atom. The molecule has 1 atom stereocenters. The van der Waals surface area contributed by atoms with Gasteiger partial charge in [0.2, 0.25) is 5.91 Å². The summed E-state index contributed by atoms with van der Waals surface area (Å²) >= 11 is 0. The van der Waals surface area contributed by atoms with Crippen LogP contribution in [-0.2, 0) is 17.8 Å². The summed E-state index contributed by atoms with van der Waals surface area (Å²) in [4.78, 5) is 21.7. The van der Waals surface area contributed by atoms with Gasteiger partial charge in [0.1, 0.15) is 5.75 Å². The van der Waals surface area contributed by atoms with Crippen LogP contribution in [0.25, 0.3) is 11.1 Å². The SMILES string of the molecule is COc1cccc(CN2CC[C@](Cc3ccc(-c4cccnc4)cc3)(C(=O)N(C)C)C2)c1. The van der Waals surface area contributed by atoms with Gasteiger partial charge in [-0.3, -0.25) is 14.7 Å². The number of hydrogen-bond donors (Lipinski definition) is 0. The standard InChI is InChI=1S/C27H31N3O2/c1-29(2)26(31)27(13-15-30(20-27)19-22-6-4-8-25(16-22)32-3)17-21-9-11-23(12-10-21)24-7-5-14-28-18-24/h4-12,14,16,18H,13,15,17,19-20H2,1-3H3/t27-/m1/s1. The number of benzene rings is 2. The number of ether oxygens (including phenoxy) is 1. The summed E-state index contributed by atoms with van der Waals surface area (Å²) in [5, 5.41) is 0. The number of likely N-dealkylation sites (tertiary alicyclic amines) is 1. The second kappa shape index (κ2) is 9.53. The van der Waals surface area contributed by atoms with Crippen molar-refractivity contribution in [3.8, 4) is 16.9 Å². The first-order valence-electron chi connectivity index (χ1n) is 11.1. The first kappa shape index (κ1) is 22.0. The maximum absolute atomic E-state index is 13.3. The number of aromatic nitrogens is 1. The molecule has 1 amide bonds. The zero-order valence-electron chi connectivity index (χ0n) is 19.1. The van der Waals surface area contributed by atoms with E-state index in [9.17, 15) is 4.79 Å². The van der Waals surface area contributed by atoms with Gasteiger partial charge in [-0.2, -0.15) is 0 Å². The molecule has 0 bridgehead atoms. The van der Waals surface area contributed by atoms with Gasteiger partial charge in [-0.25, -0.2) is 0 Å². The maximum atomic E-state index is 13.3. The third-order valence-electron chi connectivity index (χ3n) is 6.32. The lowest BCUT2D eigenvalue weighted by atomic mass is 9.79. The lowest BCUT2D eigenvalue weighted by Gasteiger charge is -2.31. The highest BCUT2D eigenvalue weighted by Gasteiger charge is 2.45. The summed E-state index contributed by atoms with van der Waals surface area (Å²) in [6.07, 6.45) is 5.26. The highest BCUT2D eigenvalue weighted by Crippen LogP contribution is 2.37. The van der Waals surface area contributed by atoms with Crippen LogP contribution in [0.1, 0.15) is 17.5 Å². The molecule has 2 aromatic carbocycles. The molecule has 0 spiro atoms. The Morgan fingerprint density at radius 1 is 1.06 bits per heavy atom. The van der Waals surface area contributed by atoms with Gasteiger partial charge in [0, 0.05) is 39.6 Å². The molecule has 2 heterocycles. The van der Waals surface area contributed by atoms with Crippen molar-refractivity contribution in [3.63, 3.8) is 0 Å². The number of pyridine rings is 1. The molecule has 1 aromatic heterocycles. The molecule has 5 heteroatoms. The van der Waals surface area contributed by atoms with Crippen molar-refractivity contribution in [3.05, 3.63) is 84.2 Å². The van der Waals surface area contributed by atoms with Gasteiger partial charge in [0.05, 0.1) is 12.5 Å². The number of amides is 1. The Kier molecular flexibility index (Phi) is 6.56. The smallest absolute Gasteiger partial charge is 0.229 e. The van der Waals surface area contributed by atoms with Gasteiger partial charge >= 0.3 is 0 Å². The van der Waals surface area contributed by atoms with Crippen LogP contribution < -0.4 is 4.74 Å². The minimum atomic E-state index is -0.405. The van der Waals surface area contributed by atoms with Crippen molar-refractivity contribution in [2.45, 2.75) is 19.4 Å². The molecule has 5 nitrogen and oxygen atoms in total. The van der Waals surface area contributed by atoms with E-state index in [1.54, 1.807) is 18.2 Å². The van der Waals surface area contributed by atoms with Crippen LogP contribution >= 0.6 is 0 Å². The van der Waals surface area contributed by atoms with Crippen molar-refractivity contribution in [2.24, 2.45) is 5.41 Å². The molecule has 32 heavy (non-hydrogen) atoms. The summed E-state index contributed by atoms with van der Waals surface area (Å²) in [6, 6.07) is 20.7. The number of carbonyl (C=O) groups excluding carboxylic acids is 1. The summed E-state index contributed by atoms with van der Waals surface area (Å²) in [6.45, 7) is 2.48. The van der Waals surface area contributed by atoms with Crippen molar-refractivity contribution in [1.82, 2.24) is 14.8 Å². The van der Waals surface area contributed by atoms with Gasteiger partial charge in [-0.1, -0.05) is 42.5 Å². The molecule has 0 radical (unpaired) electrons. The molecule has 1 aliphatic rings. The second-order valence-corrected chi connectivity index (χ2v) is 8.91. The van der Waals surface area contributed by atoms with E-state index in [0.29, 0.717) is 0 Å². The van der Waals surface area contributed by atoms with Gasteiger partial charge in [0.25, 0.3) is 0 Å². The summed E-state index contributed by atoms with van der Waals surface area (Å²) in [7, 11) is 5.41. The fraction of sp³-hybridized carbons (Fsp3) is 0.333. The lowest BCUT2D eigenvalue weighted by Crippen LogP contribution is -2.43. The van der Waals surface area contributed by atoms with Crippen LogP contribution in [0.3, 0.4) is 0 Å². The Morgan fingerprint density at radius 2 is 1.88 bits per heavy atom. The molecule has 0 aliphatic carbocycles. The minimum absolute atomic E-state index is 0.210. The fourth-order valence-electron chi connectivity index (χ4n) is 4.73. The van der Waals surface area contributed by atoms with Gasteiger partial charge in [0.15, 0.2) is 0 Å². The maximum Gasteiger partial charge on any atom is 0.229 e. The number of hydrogen-bond acceptors (Lipinski definition) is 4. The van der Waals surface area contributed by atoms with Crippen molar-refractivity contribution in [2.75, 3.05) is 34.3 Å². The Hall–Kier alpha value is -3.18. The Bertz CT molecular complexity index is 1050. The molecule has 0 N–H and O–H groups in total. The highest BCUT2D eigenvalue weighted by atomic mass is 16.5. The monoisotopic (exact) mass is 429 g/mol. The molecule has 0 unspecified atom stereocenters. The van der Waals surface area contributed by atoms with Crippen molar-refractivity contribution in [1.29, 1.82) is 0 Å². The quantitative estimate of drug-likeness (QED) is 0.562. The molecule has 0 saturated carbocycles. The van der Waals surface area contributed by atoms with Crippen molar-refractivity contribution < 1.29 is 9.53 Å². The van der Waals surface area contributed by atoms with E-state index in [2.05, 4.69) is 52.3 Å². The van der Waals surface area contributed by atoms with Gasteiger partial charge < -0.3 is 9.64 Å². The van der Waals surface area contributed by atoms with Crippen LogP contribution in [0, 0.1) is 5.41 Å². The number of nitrogens with zero attached hydrogens (tertiary/aromatic N) is 3. The first-order chi connectivity index (χ1) is 15.5. The molecule has 166 valence electrons. The number of methoxy groups -OCH3 is 1. The van der Waals surface area contributed by atoms with Crippen LogP contribution in [0.4, 0.5) is 0 Å². The largest absolute Gasteiger partial charge is 0.497 e. The van der Waals surface area contributed by atoms with E-state index in [1.165, 1.54) is 11.1 Å². The first-order valence-corrected chi connectivity index (χ1v) is 11.1. The zero-order valence-corrected chi connectivity index (χ0v) is 19.1. The third-order valence-corrected chi connectivity index (χ3v) is 6.32. The second-order valence-electron chi connectivity index (χ2n) is 8.91. The normalized spacial score (nSPS) is 18.5. The molecule has 1 fully saturated rings. The lowest BCUT2D eigenvalue weighted by molar-refractivity contribution is -0.138. The minimum Gasteiger partial charge on any atom is -0.497 e. The molecule has 4 rings (SSSR count). The van der Waals surface area contributed by atoms with E-state index >= 15 is 0 Å². The predicted octanol–water partition coefficient (Wildman–Crippen LogP) is 4.28. The Labute approximate surface area is 190 Å². The van der Waals surface area contributed by atoms with Crippen LogP contribution in [0.15, 0.2) is 73.1 Å². The van der Waals surface area contributed by atoms with Crippen molar-refractivity contribution >= 4 is 5.91 Å². The average molecular weight is 430 g/mol. The summed E-state index contributed by atoms with van der Waals surface area (Å²) < 4.78 is 5.37. The van der Waals surface area contributed by atoms with Crippen LogP contribution in [0.2, 0.25) is 0 Å². The molecule has 3 aromatic rings. The predicted molar refractivity (Wildman–Crippen MR) is 127 cm³/mol. The number of rotatable bonds is 7. The summed E-state index contributed by atoms with van der Waals surface area (Å²) in [5.74, 6) is 1.08. The van der Waals surface area contributed by atoms with E-state index in [4.69, 9.17) is 4.74 Å². The topological polar surface area (TPSA) is 45.7 Å². The van der Waals surface area contributed by atoms with Gasteiger partial charge in [-0.15, -0.1) is 0 Å².